The fourth-order valence-corrected chi connectivity index (χ4v) is 6.25. The zero-order valence-electron chi connectivity index (χ0n) is 12.7. The second kappa shape index (κ2) is 4.66. The molecule has 3 fully saturated rings. The highest BCUT2D eigenvalue weighted by Gasteiger charge is 2.57. The van der Waals surface area contributed by atoms with Crippen molar-refractivity contribution in [3.8, 4) is 0 Å². The van der Waals surface area contributed by atoms with E-state index in [0.29, 0.717) is 23.7 Å². The molecule has 0 aromatic carbocycles. The number of rotatable bonds is 0. The Kier molecular flexibility index (Phi) is 3.10. The van der Waals surface area contributed by atoms with E-state index in [1.54, 1.807) is 6.08 Å². The van der Waals surface area contributed by atoms with Gasteiger partial charge in [-0.15, -0.1) is 0 Å². The number of carbonyl (C=O) groups is 1. The number of aliphatic hydroxyl groups is 2. The van der Waals surface area contributed by atoms with Crippen molar-refractivity contribution >= 4 is 5.78 Å². The Labute approximate surface area is 126 Å². The van der Waals surface area contributed by atoms with Gasteiger partial charge in [-0.1, -0.05) is 13.0 Å². The normalized spacial score (nSPS) is 55.8. The molecule has 4 aliphatic rings. The summed E-state index contributed by atoms with van der Waals surface area (Å²) in [6.07, 6.45) is 9.23. The topological polar surface area (TPSA) is 57.5 Å². The van der Waals surface area contributed by atoms with E-state index < -0.39 is 6.10 Å². The molecule has 0 heterocycles. The van der Waals surface area contributed by atoms with Crippen molar-refractivity contribution in [1.29, 1.82) is 0 Å². The molecule has 4 aliphatic carbocycles. The van der Waals surface area contributed by atoms with Crippen LogP contribution in [0, 0.1) is 35.0 Å². The van der Waals surface area contributed by atoms with Gasteiger partial charge in [-0.05, 0) is 79.6 Å². The van der Waals surface area contributed by atoms with Gasteiger partial charge in [0.2, 0.25) is 0 Å². The van der Waals surface area contributed by atoms with Gasteiger partial charge in [-0.2, -0.15) is 0 Å². The number of aliphatic hydroxyl groups excluding tert-OH is 2. The van der Waals surface area contributed by atoms with E-state index >= 15 is 0 Å². The summed E-state index contributed by atoms with van der Waals surface area (Å²) in [5, 5.41) is 20.6. The molecule has 3 saturated carbocycles. The van der Waals surface area contributed by atoms with Crippen molar-refractivity contribution < 1.29 is 15.0 Å². The van der Waals surface area contributed by atoms with Gasteiger partial charge in [-0.25, -0.2) is 0 Å². The third-order valence-corrected chi connectivity index (χ3v) is 7.44. The molecule has 0 amide bonds. The molecule has 0 spiro atoms. The Hall–Kier alpha value is -0.670. The molecule has 0 aromatic rings. The molecule has 0 aromatic heterocycles. The first-order valence-corrected chi connectivity index (χ1v) is 8.60. The summed E-state index contributed by atoms with van der Waals surface area (Å²) in [5.41, 5.74) is 0.112. The lowest BCUT2D eigenvalue weighted by atomic mass is 9.51. The SMILES string of the molecule is C[C@]12CC[C@H]3[C@@H](CCC4C(O)C(=O)C=C[C@H]43)[C@@H]1CCC2O. The Bertz CT molecular complexity index is 485. The summed E-state index contributed by atoms with van der Waals surface area (Å²) in [5.74, 6) is 2.32. The van der Waals surface area contributed by atoms with E-state index in [4.69, 9.17) is 0 Å². The van der Waals surface area contributed by atoms with Crippen LogP contribution in [0.4, 0.5) is 0 Å². The van der Waals surface area contributed by atoms with Crippen LogP contribution in [0.25, 0.3) is 0 Å². The van der Waals surface area contributed by atoms with Crippen molar-refractivity contribution in [3.63, 3.8) is 0 Å². The van der Waals surface area contributed by atoms with Crippen molar-refractivity contribution in [2.45, 2.75) is 57.7 Å². The predicted molar refractivity (Wildman–Crippen MR) is 79.4 cm³/mol. The van der Waals surface area contributed by atoms with Crippen LogP contribution >= 0.6 is 0 Å². The van der Waals surface area contributed by atoms with Crippen molar-refractivity contribution in [2.24, 2.45) is 35.0 Å². The standard InChI is InChI=1S/C18H26O3/c1-18-9-8-11-10-4-6-15(19)17(21)13(10)3-2-12(11)14(18)5-7-16(18)20/h4,6,10-14,16-17,20-21H,2-3,5,7-9H2,1H3/t10-,11+,12+,13?,14-,16?,17?,18-/m0/s1. The van der Waals surface area contributed by atoms with Gasteiger partial charge >= 0.3 is 0 Å². The zero-order valence-corrected chi connectivity index (χ0v) is 12.7. The molecule has 116 valence electrons. The monoisotopic (exact) mass is 290 g/mol. The number of fused-ring (bicyclic) bond motifs is 5. The average Bonchev–Trinajstić information content (AvgIpc) is 2.78. The minimum absolute atomic E-state index is 0.105. The molecule has 0 aliphatic heterocycles. The molecular formula is C18H26O3. The Balaban J connectivity index is 1.63. The number of hydrogen-bond acceptors (Lipinski definition) is 3. The lowest BCUT2D eigenvalue weighted by molar-refractivity contribution is -0.132. The molecule has 2 N–H and O–H groups in total. The van der Waals surface area contributed by atoms with Crippen LogP contribution in [-0.2, 0) is 4.79 Å². The molecule has 0 saturated heterocycles. The molecule has 4 rings (SSSR count). The van der Waals surface area contributed by atoms with Gasteiger partial charge in [0.05, 0.1) is 6.10 Å². The van der Waals surface area contributed by atoms with E-state index in [0.717, 1.165) is 38.5 Å². The minimum Gasteiger partial charge on any atom is -0.393 e. The van der Waals surface area contributed by atoms with Gasteiger partial charge in [-0.3, -0.25) is 4.79 Å². The van der Waals surface area contributed by atoms with Gasteiger partial charge in [0.1, 0.15) is 6.10 Å². The molecule has 3 nitrogen and oxygen atoms in total. The minimum atomic E-state index is -0.775. The molecular weight excluding hydrogens is 264 g/mol. The fourth-order valence-electron chi connectivity index (χ4n) is 6.25. The van der Waals surface area contributed by atoms with E-state index in [1.807, 2.05) is 0 Å². The Morgan fingerprint density at radius 2 is 1.81 bits per heavy atom. The van der Waals surface area contributed by atoms with E-state index in [2.05, 4.69) is 13.0 Å². The molecule has 0 bridgehead atoms. The quantitative estimate of drug-likeness (QED) is 0.720. The predicted octanol–water partition coefficient (Wildman–Crippen LogP) is 2.32. The maximum Gasteiger partial charge on any atom is 0.184 e. The van der Waals surface area contributed by atoms with Crippen LogP contribution in [0.15, 0.2) is 12.2 Å². The number of hydrogen-bond donors (Lipinski definition) is 2. The van der Waals surface area contributed by atoms with E-state index in [1.165, 1.54) is 0 Å². The summed E-state index contributed by atoms with van der Waals surface area (Å²) in [6.45, 7) is 2.28. The zero-order chi connectivity index (χ0) is 14.8. The Morgan fingerprint density at radius 1 is 1.05 bits per heavy atom. The highest BCUT2D eigenvalue weighted by molar-refractivity contribution is 5.94. The highest BCUT2D eigenvalue weighted by atomic mass is 16.3. The van der Waals surface area contributed by atoms with Gasteiger partial charge in [0.25, 0.3) is 0 Å². The number of allylic oxidation sites excluding steroid dienone is 1. The first-order valence-electron chi connectivity index (χ1n) is 8.60. The average molecular weight is 290 g/mol. The summed E-state index contributed by atoms with van der Waals surface area (Å²) in [6, 6.07) is 0. The van der Waals surface area contributed by atoms with E-state index in [-0.39, 0.29) is 23.2 Å². The molecule has 0 radical (unpaired) electrons. The summed E-state index contributed by atoms with van der Waals surface area (Å²) in [7, 11) is 0. The van der Waals surface area contributed by atoms with Crippen LogP contribution < -0.4 is 0 Å². The van der Waals surface area contributed by atoms with Crippen LogP contribution in [-0.4, -0.2) is 28.2 Å². The lowest BCUT2D eigenvalue weighted by Gasteiger charge is -2.54. The first-order chi connectivity index (χ1) is 10.0. The lowest BCUT2D eigenvalue weighted by Crippen LogP contribution is -2.51. The molecule has 3 heteroatoms. The summed E-state index contributed by atoms with van der Waals surface area (Å²) in [4.78, 5) is 11.7. The summed E-state index contributed by atoms with van der Waals surface area (Å²) >= 11 is 0. The maximum absolute atomic E-state index is 11.7. The third-order valence-electron chi connectivity index (χ3n) is 7.44. The number of carbonyl (C=O) groups excluding carboxylic acids is 1. The maximum atomic E-state index is 11.7. The third kappa shape index (κ3) is 1.83. The second-order valence-electron chi connectivity index (χ2n) is 8.10. The van der Waals surface area contributed by atoms with Crippen LogP contribution in [0.3, 0.4) is 0 Å². The molecule has 21 heavy (non-hydrogen) atoms. The van der Waals surface area contributed by atoms with Crippen molar-refractivity contribution in [1.82, 2.24) is 0 Å². The largest absolute Gasteiger partial charge is 0.393 e. The van der Waals surface area contributed by atoms with Crippen LogP contribution in [0.1, 0.15) is 45.4 Å². The summed E-state index contributed by atoms with van der Waals surface area (Å²) < 4.78 is 0. The van der Waals surface area contributed by atoms with Gasteiger partial charge in [0.15, 0.2) is 5.78 Å². The first kappa shape index (κ1) is 14.0. The molecule has 3 unspecified atom stereocenters. The fraction of sp³-hybridized carbons (Fsp3) is 0.833. The van der Waals surface area contributed by atoms with Crippen LogP contribution in [0.2, 0.25) is 0 Å². The number of ketones is 1. The van der Waals surface area contributed by atoms with Crippen molar-refractivity contribution in [2.75, 3.05) is 0 Å². The molecule has 8 atom stereocenters. The van der Waals surface area contributed by atoms with Gasteiger partial charge in [0, 0.05) is 0 Å². The van der Waals surface area contributed by atoms with E-state index in [9.17, 15) is 15.0 Å². The van der Waals surface area contributed by atoms with Gasteiger partial charge < -0.3 is 10.2 Å². The highest BCUT2D eigenvalue weighted by Crippen LogP contribution is 2.61. The van der Waals surface area contributed by atoms with Crippen LogP contribution in [0.5, 0.6) is 0 Å². The van der Waals surface area contributed by atoms with Crippen molar-refractivity contribution in [3.05, 3.63) is 12.2 Å². The second-order valence-corrected chi connectivity index (χ2v) is 8.10. The smallest absolute Gasteiger partial charge is 0.184 e. The Morgan fingerprint density at radius 3 is 2.62 bits per heavy atom.